The molecule has 108 valence electrons. The summed E-state index contributed by atoms with van der Waals surface area (Å²) in [6, 6.07) is 10.3. The molecule has 0 aliphatic rings. The molecule has 21 heavy (non-hydrogen) atoms. The third-order valence-electron chi connectivity index (χ3n) is 2.68. The molecular formula is C14H9Br2ClN2OS. The normalized spacial score (nSPS) is 10.2. The molecule has 0 aliphatic carbocycles. The van der Waals surface area contributed by atoms with Gasteiger partial charge in [0.1, 0.15) is 4.99 Å². The lowest BCUT2D eigenvalue weighted by Gasteiger charge is -2.10. The van der Waals surface area contributed by atoms with Crippen LogP contribution in [0.15, 0.2) is 45.3 Å². The summed E-state index contributed by atoms with van der Waals surface area (Å²) in [5, 5.41) is 3.13. The lowest BCUT2D eigenvalue weighted by Crippen LogP contribution is -2.14. The molecule has 3 N–H and O–H groups in total. The van der Waals surface area contributed by atoms with E-state index in [9.17, 15) is 4.79 Å². The Balaban J connectivity index is 2.25. The van der Waals surface area contributed by atoms with Crippen molar-refractivity contribution in [1.29, 1.82) is 0 Å². The van der Waals surface area contributed by atoms with E-state index in [1.54, 1.807) is 36.4 Å². The van der Waals surface area contributed by atoms with Crippen LogP contribution in [-0.2, 0) is 0 Å². The standard InChI is InChI=1S/C14H9Br2ClN2OS/c15-8-2-3-9(10(16)6-8)14(20)19-12-4-1-7(13(18)21)5-11(12)17/h1-6H,(H2,18,21)(H,19,20). The number of nitrogens with two attached hydrogens (primary N) is 1. The van der Waals surface area contributed by atoms with Gasteiger partial charge in [-0.05, 0) is 52.3 Å². The zero-order chi connectivity index (χ0) is 15.6. The van der Waals surface area contributed by atoms with Crippen LogP contribution in [0.25, 0.3) is 0 Å². The molecule has 0 heterocycles. The number of anilines is 1. The fourth-order valence-corrected chi connectivity index (χ4v) is 3.21. The first-order chi connectivity index (χ1) is 9.88. The number of carbonyl (C=O) groups excluding carboxylic acids is 1. The highest BCUT2D eigenvalue weighted by Gasteiger charge is 2.12. The highest BCUT2D eigenvalue weighted by molar-refractivity contribution is 9.11. The lowest BCUT2D eigenvalue weighted by molar-refractivity contribution is 0.102. The number of carbonyl (C=O) groups is 1. The average molecular weight is 449 g/mol. The van der Waals surface area contributed by atoms with Crippen molar-refractivity contribution in [3.05, 3.63) is 61.5 Å². The SMILES string of the molecule is NC(=S)c1ccc(NC(=O)c2ccc(Br)cc2Br)c(Cl)c1. The number of thiocarbonyl (C=S) groups is 1. The predicted octanol–water partition coefficient (Wildman–Crippen LogP) is 4.75. The highest BCUT2D eigenvalue weighted by atomic mass is 79.9. The van der Waals surface area contributed by atoms with Crippen LogP contribution >= 0.6 is 55.7 Å². The van der Waals surface area contributed by atoms with E-state index in [-0.39, 0.29) is 10.9 Å². The fourth-order valence-electron chi connectivity index (χ4n) is 1.63. The number of hydrogen-bond acceptors (Lipinski definition) is 2. The smallest absolute Gasteiger partial charge is 0.256 e. The molecular weight excluding hydrogens is 439 g/mol. The Morgan fingerprint density at radius 1 is 1.19 bits per heavy atom. The zero-order valence-electron chi connectivity index (χ0n) is 10.5. The molecule has 0 fully saturated rings. The Hall–Kier alpha value is -0.950. The van der Waals surface area contributed by atoms with Crippen LogP contribution < -0.4 is 11.1 Å². The molecule has 0 saturated heterocycles. The number of benzene rings is 2. The van der Waals surface area contributed by atoms with E-state index in [1.165, 1.54) is 0 Å². The van der Waals surface area contributed by atoms with Crippen molar-refractivity contribution in [2.24, 2.45) is 5.73 Å². The van der Waals surface area contributed by atoms with Crippen LogP contribution in [0.1, 0.15) is 15.9 Å². The first kappa shape index (κ1) is 16.4. The maximum Gasteiger partial charge on any atom is 0.256 e. The summed E-state index contributed by atoms with van der Waals surface area (Å²) in [4.78, 5) is 12.5. The summed E-state index contributed by atoms with van der Waals surface area (Å²) in [5.74, 6) is -0.264. The van der Waals surface area contributed by atoms with E-state index in [2.05, 4.69) is 37.2 Å². The van der Waals surface area contributed by atoms with Gasteiger partial charge >= 0.3 is 0 Å². The Kier molecular flexibility index (Phi) is 5.37. The Morgan fingerprint density at radius 3 is 2.48 bits per heavy atom. The maximum atomic E-state index is 12.3. The van der Waals surface area contributed by atoms with Crippen molar-refractivity contribution in [3.8, 4) is 0 Å². The highest BCUT2D eigenvalue weighted by Crippen LogP contribution is 2.26. The molecule has 0 spiro atoms. The van der Waals surface area contributed by atoms with Crippen LogP contribution in [-0.4, -0.2) is 10.9 Å². The largest absolute Gasteiger partial charge is 0.389 e. The first-order valence-electron chi connectivity index (χ1n) is 5.74. The predicted molar refractivity (Wildman–Crippen MR) is 97.1 cm³/mol. The van der Waals surface area contributed by atoms with Crippen molar-refractivity contribution >= 4 is 72.3 Å². The Bertz CT molecular complexity index is 737. The van der Waals surface area contributed by atoms with Crippen LogP contribution in [0.5, 0.6) is 0 Å². The molecule has 0 atom stereocenters. The van der Waals surface area contributed by atoms with E-state index >= 15 is 0 Å². The summed E-state index contributed by atoms with van der Waals surface area (Å²) < 4.78 is 1.56. The van der Waals surface area contributed by atoms with Gasteiger partial charge in [-0.1, -0.05) is 39.7 Å². The molecule has 3 nitrogen and oxygen atoms in total. The van der Waals surface area contributed by atoms with E-state index < -0.39 is 0 Å². The monoisotopic (exact) mass is 446 g/mol. The molecule has 0 radical (unpaired) electrons. The van der Waals surface area contributed by atoms with Crippen LogP contribution in [0, 0.1) is 0 Å². The molecule has 0 bridgehead atoms. The summed E-state index contributed by atoms with van der Waals surface area (Å²) in [7, 11) is 0. The second kappa shape index (κ2) is 6.87. The van der Waals surface area contributed by atoms with E-state index in [4.69, 9.17) is 29.6 Å². The van der Waals surface area contributed by atoms with Gasteiger partial charge in [-0.3, -0.25) is 4.79 Å². The first-order valence-corrected chi connectivity index (χ1v) is 8.11. The number of amides is 1. The van der Waals surface area contributed by atoms with Crippen LogP contribution in [0.3, 0.4) is 0 Å². The van der Waals surface area contributed by atoms with Gasteiger partial charge in [0.15, 0.2) is 0 Å². The van der Waals surface area contributed by atoms with Gasteiger partial charge < -0.3 is 11.1 Å². The number of nitrogens with one attached hydrogen (secondary N) is 1. The fraction of sp³-hybridized carbons (Fsp3) is 0. The minimum atomic E-state index is -0.264. The third kappa shape index (κ3) is 4.03. The average Bonchev–Trinajstić information content (AvgIpc) is 2.40. The summed E-state index contributed by atoms with van der Waals surface area (Å²) in [6.07, 6.45) is 0. The van der Waals surface area contributed by atoms with E-state index in [0.717, 1.165) is 4.47 Å². The van der Waals surface area contributed by atoms with Crippen molar-refractivity contribution in [2.45, 2.75) is 0 Å². The minimum absolute atomic E-state index is 0.255. The van der Waals surface area contributed by atoms with Gasteiger partial charge in [-0.25, -0.2) is 0 Å². The number of rotatable bonds is 3. The second-order valence-corrected chi connectivity index (χ2v) is 6.75. The third-order valence-corrected chi connectivity index (χ3v) is 4.38. The molecule has 2 aromatic rings. The van der Waals surface area contributed by atoms with Gasteiger partial charge in [-0.15, -0.1) is 0 Å². The van der Waals surface area contributed by atoms with Crippen molar-refractivity contribution in [2.75, 3.05) is 5.32 Å². The van der Waals surface area contributed by atoms with Crippen LogP contribution in [0.2, 0.25) is 5.02 Å². The van der Waals surface area contributed by atoms with E-state index in [1.807, 2.05) is 0 Å². The van der Waals surface area contributed by atoms with Gasteiger partial charge in [0.05, 0.1) is 16.3 Å². The Labute approximate surface area is 149 Å². The molecule has 1 amide bonds. The molecule has 0 aromatic heterocycles. The van der Waals surface area contributed by atoms with Crippen molar-refractivity contribution in [3.63, 3.8) is 0 Å². The van der Waals surface area contributed by atoms with Gasteiger partial charge in [0.25, 0.3) is 5.91 Å². The molecule has 0 saturated carbocycles. The lowest BCUT2D eigenvalue weighted by atomic mass is 10.2. The summed E-state index contributed by atoms with van der Waals surface area (Å²) in [6.45, 7) is 0. The van der Waals surface area contributed by atoms with Gasteiger partial charge in [-0.2, -0.15) is 0 Å². The number of hydrogen-bond donors (Lipinski definition) is 2. The molecule has 2 aromatic carbocycles. The Morgan fingerprint density at radius 2 is 1.90 bits per heavy atom. The summed E-state index contributed by atoms with van der Waals surface area (Å²) >= 11 is 17.7. The molecule has 0 aliphatic heterocycles. The molecule has 0 unspecified atom stereocenters. The summed E-state index contributed by atoms with van der Waals surface area (Å²) in [5.41, 5.74) is 7.19. The number of halogens is 3. The molecule has 2 rings (SSSR count). The van der Waals surface area contributed by atoms with Crippen LogP contribution in [0.4, 0.5) is 5.69 Å². The van der Waals surface area contributed by atoms with Crippen molar-refractivity contribution < 1.29 is 4.79 Å². The zero-order valence-corrected chi connectivity index (χ0v) is 15.2. The second-order valence-electron chi connectivity index (χ2n) is 4.14. The maximum absolute atomic E-state index is 12.3. The minimum Gasteiger partial charge on any atom is -0.389 e. The van der Waals surface area contributed by atoms with Gasteiger partial charge in [0.2, 0.25) is 0 Å². The van der Waals surface area contributed by atoms with E-state index in [0.29, 0.717) is 26.3 Å². The molecule has 7 heteroatoms. The van der Waals surface area contributed by atoms with Crippen molar-refractivity contribution in [1.82, 2.24) is 0 Å². The topological polar surface area (TPSA) is 55.1 Å². The van der Waals surface area contributed by atoms with Gasteiger partial charge in [0, 0.05) is 14.5 Å². The quantitative estimate of drug-likeness (QED) is 0.666.